The summed E-state index contributed by atoms with van der Waals surface area (Å²) >= 11 is 1.74. The summed E-state index contributed by atoms with van der Waals surface area (Å²) in [6.07, 6.45) is 5.45. The molecule has 1 aromatic heterocycles. The number of thioether (sulfide) groups is 1. The Morgan fingerprint density at radius 3 is 2.68 bits per heavy atom. The lowest BCUT2D eigenvalue weighted by molar-refractivity contribution is 0.548. The van der Waals surface area contributed by atoms with Crippen LogP contribution in [0.4, 0.5) is 0 Å². The second-order valence-corrected chi connectivity index (χ2v) is 5.36. The highest BCUT2D eigenvalue weighted by Gasteiger charge is 2.11. The van der Waals surface area contributed by atoms with E-state index < -0.39 is 0 Å². The Morgan fingerprint density at radius 2 is 2.05 bits per heavy atom. The molecule has 0 aliphatic carbocycles. The summed E-state index contributed by atoms with van der Waals surface area (Å²) in [7, 11) is 0. The van der Waals surface area contributed by atoms with Gasteiger partial charge in [-0.2, -0.15) is 5.10 Å². The zero-order chi connectivity index (χ0) is 13.7. The second kappa shape index (κ2) is 6.73. The van der Waals surface area contributed by atoms with Gasteiger partial charge >= 0.3 is 0 Å². The van der Waals surface area contributed by atoms with Crippen LogP contribution in [0.5, 0.6) is 0 Å². The van der Waals surface area contributed by atoms with E-state index in [9.17, 15) is 0 Å². The molecule has 0 saturated heterocycles. The Balaban J connectivity index is 2.06. The molecule has 102 valence electrons. The van der Waals surface area contributed by atoms with Crippen molar-refractivity contribution in [3.05, 3.63) is 42.0 Å². The van der Waals surface area contributed by atoms with Crippen molar-refractivity contribution in [3.8, 4) is 0 Å². The van der Waals surface area contributed by atoms with Crippen molar-refractivity contribution < 1.29 is 0 Å². The van der Waals surface area contributed by atoms with Crippen LogP contribution in [-0.2, 0) is 13.0 Å². The van der Waals surface area contributed by atoms with E-state index in [1.165, 1.54) is 4.90 Å². The first-order valence-electron chi connectivity index (χ1n) is 6.50. The van der Waals surface area contributed by atoms with Crippen LogP contribution >= 0.6 is 11.8 Å². The maximum absolute atomic E-state index is 6.25. The quantitative estimate of drug-likeness (QED) is 0.824. The van der Waals surface area contributed by atoms with Crippen LogP contribution in [0.1, 0.15) is 30.8 Å². The third-order valence-corrected chi connectivity index (χ3v) is 3.82. The van der Waals surface area contributed by atoms with Crippen molar-refractivity contribution in [3.63, 3.8) is 0 Å². The molecule has 0 aliphatic heterocycles. The van der Waals surface area contributed by atoms with E-state index in [2.05, 4.69) is 47.5 Å². The fourth-order valence-corrected chi connectivity index (χ4v) is 2.42. The fraction of sp³-hybridized carbons (Fsp3) is 0.429. The summed E-state index contributed by atoms with van der Waals surface area (Å²) in [6.45, 7) is 3.03. The first-order chi connectivity index (χ1) is 9.24. The lowest BCUT2D eigenvalue weighted by Crippen LogP contribution is -2.17. The molecule has 0 saturated carbocycles. The topological polar surface area (TPSA) is 56.7 Å². The third kappa shape index (κ3) is 3.58. The predicted molar refractivity (Wildman–Crippen MR) is 79.2 cm³/mol. The number of nitrogens with two attached hydrogens (primary N) is 1. The van der Waals surface area contributed by atoms with E-state index in [0.29, 0.717) is 0 Å². The van der Waals surface area contributed by atoms with Crippen LogP contribution in [0, 0.1) is 0 Å². The number of aromatic nitrogens is 3. The molecule has 0 amide bonds. The molecular weight excluding hydrogens is 256 g/mol. The van der Waals surface area contributed by atoms with Gasteiger partial charge in [-0.15, -0.1) is 11.8 Å². The van der Waals surface area contributed by atoms with Gasteiger partial charge in [0.05, 0.1) is 0 Å². The Hall–Kier alpha value is -1.33. The number of benzene rings is 1. The van der Waals surface area contributed by atoms with Gasteiger partial charge in [-0.25, -0.2) is 4.98 Å². The Kier molecular flexibility index (Phi) is 4.99. The zero-order valence-corrected chi connectivity index (χ0v) is 12.2. The molecule has 1 heterocycles. The molecule has 2 aromatic rings. The Morgan fingerprint density at radius 1 is 1.32 bits per heavy atom. The lowest BCUT2D eigenvalue weighted by Gasteiger charge is -2.12. The summed E-state index contributed by atoms with van der Waals surface area (Å²) < 4.78 is 1.94. The second-order valence-electron chi connectivity index (χ2n) is 4.48. The summed E-state index contributed by atoms with van der Waals surface area (Å²) in [4.78, 5) is 5.56. The number of hydrogen-bond acceptors (Lipinski definition) is 4. The number of nitrogens with zero attached hydrogens (tertiary/aromatic N) is 3. The summed E-state index contributed by atoms with van der Waals surface area (Å²) in [6, 6.07) is 8.37. The highest BCUT2D eigenvalue weighted by Crippen LogP contribution is 2.19. The van der Waals surface area contributed by atoms with Crippen LogP contribution in [-0.4, -0.2) is 21.0 Å². The molecule has 0 radical (unpaired) electrons. The minimum Gasteiger partial charge on any atom is -0.324 e. The molecule has 1 aromatic carbocycles. The van der Waals surface area contributed by atoms with E-state index in [1.54, 1.807) is 18.1 Å². The largest absolute Gasteiger partial charge is 0.324 e. The van der Waals surface area contributed by atoms with Gasteiger partial charge in [-0.3, -0.25) is 4.68 Å². The average Bonchev–Trinajstić information content (AvgIpc) is 2.86. The average molecular weight is 276 g/mol. The molecule has 5 heteroatoms. The van der Waals surface area contributed by atoms with Gasteiger partial charge < -0.3 is 5.73 Å². The normalized spacial score (nSPS) is 12.6. The first kappa shape index (κ1) is 14.1. The maximum Gasteiger partial charge on any atom is 0.138 e. The van der Waals surface area contributed by atoms with Crippen molar-refractivity contribution >= 4 is 11.8 Å². The van der Waals surface area contributed by atoms with Crippen LogP contribution in [0.25, 0.3) is 0 Å². The molecular formula is C14H20N4S. The van der Waals surface area contributed by atoms with Crippen LogP contribution < -0.4 is 5.73 Å². The minimum atomic E-state index is -0.0317. The molecule has 2 N–H and O–H groups in total. The van der Waals surface area contributed by atoms with Crippen LogP contribution in [0.3, 0.4) is 0 Å². The van der Waals surface area contributed by atoms with Gasteiger partial charge in [0.2, 0.25) is 0 Å². The highest BCUT2D eigenvalue weighted by molar-refractivity contribution is 7.98. The predicted octanol–water partition coefficient (Wildman–Crippen LogP) is 2.65. The van der Waals surface area contributed by atoms with Crippen LogP contribution in [0.15, 0.2) is 35.5 Å². The standard InChI is InChI=1S/C14H20N4S/c1-3-8-18-14(16-10-17-18)9-13(15)11-4-6-12(19-2)7-5-11/h4-7,10,13H,3,8-9,15H2,1-2H3. The van der Waals surface area contributed by atoms with Gasteiger partial charge in [0.15, 0.2) is 0 Å². The van der Waals surface area contributed by atoms with Gasteiger partial charge in [0.25, 0.3) is 0 Å². The van der Waals surface area contributed by atoms with Gasteiger partial charge in [-0.1, -0.05) is 19.1 Å². The van der Waals surface area contributed by atoms with Crippen molar-refractivity contribution in [1.29, 1.82) is 0 Å². The Bertz CT molecular complexity index is 506. The monoisotopic (exact) mass is 276 g/mol. The van der Waals surface area contributed by atoms with E-state index in [0.717, 1.165) is 30.8 Å². The zero-order valence-electron chi connectivity index (χ0n) is 11.4. The molecule has 1 atom stereocenters. The lowest BCUT2D eigenvalue weighted by atomic mass is 10.0. The van der Waals surface area contributed by atoms with Crippen molar-refractivity contribution in [2.45, 2.75) is 37.2 Å². The van der Waals surface area contributed by atoms with Gasteiger partial charge in [0, 0.05) is 23.9 Å². The summed E-state index contributed by atoms with van der Waals surface area (Å²) in [5.41, 5.74) is 7.40. The molecule has 0 spiro atoms. The van der Waals surface area contributed by atoms with Gasteiger partial charge in [-0.05, 0) is 30.4 Å². The first-order valence-corrected chi connectivity index (χ1v) is 7.73. The number of aryl methyl sites for hydroxylation is 1. The fourth-order valence-electron chi connectivity index (χ4n) is 2.01. The van der Waals surface area contributed by atoms with E-state index >= 15 is 0 Å². The molecule has 2 rings (SSSR count). The minimum absolute atomic E-state index is 0.0317. The molecule has 0 aliphatic rings. The van der Waals surface area contributed by atoms with Gasteiger partial charge in [0.1, 0.15) is 12.2 Å². The summed E-state index contributed by atoms with van der Waals surface area (Å²) in [5.74, 6) is 0.961. The van der Waals surface area contributed by atoms with Crippen molar-refractivity contribution in [1.82, 2.24) is 14.8 Å². The van der Waals surface area contributed by atoms with E-state index in [-0.39, 0.29) is 6.04 Å². The number of hydrogen-bond donors (Lipinski definition) is 1. The SMILES string of the molecule is CCCn1ncnc1CC(N)c1ccc(SC)cc1. The molecule has 0 bridgehead atoms. The van der Waals surface area contributed by atoms with Crippen LogP contribution in [0.2, 0.25) is 0 Å². The van der Waals surface area contributed by atoms with Crippen molar-refractivity contribution in [2.75, 3.05) is 6.26 Å². The molecule has 4 nitrogen and oxygen atoms in total. The van der Waals surface area contributed by atoms with Crippen molar-refractivity contribution in [2.24, 2.45) is 5.73 Å². The van der Waals surface area contributed by atoms with E-state index in [4.69, 9.17) is 5.73 Å². The number of rotatable bonds is 6. The molecule has 1 unspecified atom stereocenters. The third-order valence-electron chi connectivity index (χ3n) is 3.08. The van der Waals surface area contributed by atoms with E-state index in [1.807, 2.05) is 4.68 Å². The highest BCUT2D eigenvalue weighted by atomic mass is 32.2. The Labute approximate surface area is 118 Å². The smallest absolute Gasteiger partial charge is 0.138 e. The maximum atomic E-state index is 6.25. The molecule has 19 heavy (non-hydrogen) atoms. The molecule has 0 fully saturated rings. The summed E-state index contributed by atoms with van der Waals surface area (Å²) in [5, 5.41) is 4.23.